The molecule has 0 radical (unpaired) electrons. The molecule has 0 amide bonds. The highest BCUT2D eigenvalue weighted by atomic mass is 79.9. The molecule has 0 fully saturated rings. The number of nitrogens with one attached hydrogen (secondary N) is 1. The van der Waals surface area contributed by atoms with E-state index in [0.29, 0.717) is 0 Å². The van der Waals surface area contributed by atoms with E-state index in [-0.39, 0.29) is 0 Å². The Bertz CT molecular complexity index is 312. The molecule has 0 bridgehead atoms. The number of halogens is 1. The van der Waals surface area contributed by atoms with Crippen LogP contribution in [-0.2, 0) is 6.54 Å². The van der Waals surface area contributed by atoms with Crippen molar-refractivity contribution < 1.29 is 0 Å². The zero-order valence-corrected chi connectivity index (χ0v) is 11.3. The SMILES string of the molecule is CCCN(C)c1ccc(CNC)c(Br)c1. The van der Waals surface area contributed by atoms with Crippen molar-refractivity contribution in [3.63, 3.8) is 0 Å². The first kappa shape index (κ1) is 12.5. The Morgan fingerprint density at radius 2 is 2.13 bits per heavy atom. The van der Waals surface area contributed by atoms with Crippen LogP contribution < -0.4 is 10.2 Å². The minimum Gasteiger partial charge on any atom is -0.375 e. The lowest BCUT2D eigenvalue weighted by molar-refractivity contribution is 0.812. The summed E-state index contributed by atoms with van der Waals surface area (Å²) in [4.78, 5) is 2.27. The number of hydrogen-bond donors (Lipinski definition) is 1. The third-order valence-corrected chi connectivity index (χ3v) is 3.14. The van der Waals surface area contributed by atoms with E-state index < -0.39 is 0 Å². The zero-order valence-electron chi connectivity index (χ0n) is 9.68. The van der Waals surface area contributed by atoms with Gasteiger partial charge >= 0.3 is 0 Å². The topological polar surface area (TPSA) is 15.3 Å². The molecule has 0 saturated heterocycles. The maximum atomic E-state index is 3.60. The van der Waals surface area contributed by atoms with Gasteiger partial charge in [0.15, 0.2) is 0 Å². The zero-order chi connectivity index (χ0) is 11.3. The van der Waals surface area contributed by atoms with E-state index in [1.807, 2.05) is 7.05 Å². The molecule has 0 aliphatic heterocycles. The molecule has 15 heavy (non-hydrogen) atoms. The maximum absolute atomic E-state index is 3.60. The van der Waals surface area contributed by atoms with Crippen LogP contribution in [0.4, 0.5) is 5.69 Å². The monoisotopic (exact) mass is 270 g/mol. The maximum Gasteiger partial charge on any atom is 0.0375 e. The molecular formula is C12H19BrN2. The fraction of sp³-hybridized carbons (Fsp3) is 0.500. The standard InChI is InChI=1S/C12H19BrN2/c1-4-7-15(3)11-6-5-10(9-14-2)12(13)8-11/h5-6,8,14H,4,7,9H2,1-3H3. The lowest BCUT2D eigenvalue weighted by atomic mass is 10.2. The molecule has 3 heteroatoms. The van der Waals surface area contributed by atoms with E-state index in [1.165, 1.54) is 22.1 Å². The van der Waals surface area contributed by atoms with Crippen molar-refractivity contribution >= 4 is 21.6 Å². The van der Waals surface area contributed by atoms with Crippen molar-refractivity contribution in [1.29, 1.82) is 0 Å². The fourth-order valence-corrected chi connectivity index (χ4v) is 2.08. The molecule has 0 aliphatic rings. The molecule has 2 nitrogen and oxygen atoms in total. The number of hydrogen-bond acceptors (Lipinski definition) is 2. The van der Waals surface area contributed by atoms with E-state index >= 15 is 0 Å². The van der Waals surface area contributed by atoms with Gasteiger partial charge in [-0.1, -0.05) is 28.9 Å². The van der Waals surface area contributed by atoms with Crippen molar-refractivity contribution in [3.05, 3.63) is 28.2 Å². The first-order valence-electron chi connectivity index (χ1n) is 5.33. The fourth-order valence-electron chi connectivity index (χ4n) is 1.57. The number of nitrogens with zero attached hydrogens (tertiary/aromatic N) is 1. The molecule has 1 N–H and O–H groups in total. The molecule has 1 aromatic carbocycles. The minimum absolute atomic E-state index is 0.901. The summed E-state index contributed by atoms with van der Waals surface area (Å²) >= 11 is 3.60. The number of anilines is 1. The van der Waals surface area contributed by atoms with Crippen LogP contribution in [0.2, 0.25) is 0 Å². The van der Waals surface area contributed by atoms with Gasteiger partial charge in [0.2, 0.25) is 0 Å². The van der Waals surface area contributed by atoms with Gasteiger partial charge in [-0.15, -0.1) is 0 Å². The summed E-state index contributed by atoms with van der Waals surface area (Å²) in [6, 6.07) is 6.53. The van der Waals surface area contributed by atoms with Crippen LogP contribution in [0.25, 0.3) is 0 Å². The van der Waals surface area contributed by atoms with Gasteiger partial charge in [-0.3, -0.25) is 0 Å². The van der Waals surface area contributed by atoms with Gasteiger partial charge in [0, 0.05) is 30.3 Å². The second kappa shape index (κ2) is 6.13. The Kier molecular flexibility index (Phi) is 5.12. The third-order valence-electron chi connectivity index (χ3n) is 2.40. The molecule has 0 heterocycles. The first-order chi connectivity index (χ1) is 7.19. The highest BCUT2D eigenvalue weighted by Gasteiger charge is 2.03. The second-order valence-electron chi connectivity index (χ2n) is 3.73. The van der Waals surface area contributed by atoms with Gasteiger partial charge in [0.1, 0.15) is 0 Å². The Labute approximate surface area is 101 Å². The number of benzene rings is 1. The lowest BCUT2D eigenvalue weighted by Gasteiger charge is -2.19. The molecule has 0 aromatic heterocycles. The van der Waals surface area contributed by atoms with E-state index in [9.17, 15) is 0 Å². The summed E-state index contributed by atoms with van der Waals surface area (Å²) in [7, 11) is 4.09. The van der Waals surface area contributed by atoms with Crippen molar-refractivity contribution in [2.45, 2.75) is 19.9 Å². The summed E-state index contributed by atoms with van der Waals surface area (Å²) in [6.45, 7) is 4.19. The van der Waals surface area contributed by atoms with Crippen LogP contribution in [0.5, 0.6) is 0 Å². The Morgan fingerprint density at radius 1 is 1.40 bits per heavy atom. The summed E-state index contributed by atoms with van der Waals surface area (Å²) in [5.74, 6) is 0. The Morgan fingerprint density at radius 3 is 2.67 bits per heavy atom. The van der Waals surface area contributed by atoms with Crippen molar-refractivity contribution in [1.82, 2.24) is 5.32 Å². The molecule has 0 atom stereocenters. The van der Waals surface area contributed by atoms with Crippen LogP contribution in [0.3, 0.4) is 0 Å². The largest absolute Gasteiger partial charge is 0.375 e. The van der Waals surface area contributed by atoms with Gasteiger partial charge in [-0.05, 0) is 31.2 Å². The van der Waals surface area contributed by atoms with Crippen LogP contribution >= 0.6 is 15.9 Å². The highest BCUT2D eigenvalue weighted by Crippen LogP contribution is 2.23. The van der Waals surface area contributed by atoms with Crippen molar-refractivity contribution in [3.8, 4) is 0 Å². The van der Waals surface area contributed by atoms with Crippen LogP contribution in [0.1, 0.15) is 18.9 Å². The molecule has 1 rings (SSSR count). The first-order valence-corrected chi connectivity index (χ1v) is 6.12. The second-order valence-corrected chi connectivity index (χ2v) is 4.58. The van der Waals surface area contributed by atoms with Crippen LogP contribution in [0, 0.1) is 0 Å². The average Bonchev–Trinajstić information content (AvgIpc) is 2.21. The van der Waals surface area contributed by atoms with E-state index in [4.69, 9.17) is 0 Å². The van der Waals surface area contributed by atoms with Crippen molar-refractivity contribution in [2.75, 3.05) is 25.5 Å². The van der Waals surface area contributed by atoms with E-state index in [2.05, 4.69) is 58.3 Å². The van der Waals surface area contributed by atoms with Gasteiger partial charge in [-0.25, -0.2) is 0 Å². The molecule has 0 unspecified atom stereocenters. The minimum atomic E-state index is 0.901. The molecule has 1 aromatic rings. The Hall–Kier alpha value is -0.540. The van der Waals surface area contributed by atoms with E-state index in [1.54, 1.807) is 0 Å². The highest BCUT2D eigenvalue weighted by molar-refractivity contribution is 9.10. The van der Waals surface area contributed by atoms with Crippen LogP contribution in [0.15, 0.2) is 22.7 Å². The average molecular weight is 271 g/mol. The quantitative estimate of drug-likeness (QED) is 0.885. The molecule has 0 saturated carbocycles. The summed E-state index contributed by atoms with van der Waals surface area (Å²) in [5.41, 5.74) is 2.56. The Balaban J connectivity index is 2.81. The summed E-state index contributed by atoms with van der Waals surface area (Å²) < 4.78 is 1.18. The summed E-state index contributed by atoms with van der Waals surface area (Å²) in [6.07, 6.45) is 1.17. The molecule has 0 aliphatic carbocycles. The lowest BCUT2D eigenvalue weighted by Crippen LogP contribution is -2.17. The predicted molar refractivity (Wildman–Crippen MR) is 70.5 cm³/mol. The third kappa shape index (κ3) is 3.50. The van der Waals surface area contributed by atoms with Crippen molar-refractivity contribution in [2.24, 2.45) is 0 Å². The summed E-state index contributed by atoms with van der Waals surface area (Å²) in [5, 5.41) is 3.16. The predicted octanol–water partition coefficient (Wildman–Crippen LogP) is 3.01. The molecule has 0 spiro atoms. The number of rotatable bonds is 5. The van der Waals surface area contributed by atoms with Gasteiger partial charge in [-0.2, -0.15) is 0 Å². The molecular weight excluding hydrogens is 252 g/mol. The van der Waals surface area contributed by atoms with Gasteiger partial charge in [0.25, 0.3) is 0 Å². The van der Waals surface area contributed by atoms with Gasteiger partial charge < -0.3 is 10.2 Å². The van der Waals surface area contributed by atoms with Crippen LogP contribution in [-0.4, -0.2) is 20.6 Å². The van der Waals surface area contributed by atoms with E-state index in [0.717, 1.165) is 13.1 Å². The molecule has 84 valence electrons. The van der Waals surface area contributed by atoms with Gasteiger partial charge in [0.05, 0.1) is 0 Å². The normalized spacial score (nSPS) is 10.4. The smallest absolute Gasteiger partial charge is 0.0375 e.